The highest BCUT2D eigenvalue weighted by atomic mass is 31.0. The monoisotopic (exact) mass is 290 g/mol. The van der Waals surface area contributed by atoms with Crippen molar-refractivity contribution in [2.24, 2.45) is 0 Å². The average molecular weight is 290 g/mol. The number of halogens is 4. The highest BCUT2D eigenvalue weighted by molar-refractivity contribution is 7.27. The van der Waals surface area contributed by atoms with Crippen LogP contribution in [0.2, 0.25) is 0 Å². The van der Waals surface area contributed by atoms with E-state index < -0.39 is 23.3 Å². The summed E-state index contributed by atoms with van der Waals surface area (Å²) in [4.78, 5) is 0. The van der Waals surface area contributed by atoms with Gasteiger partial charge in [-0.1, -0.05) is 24.3 Å². The van der Waals surface area contributed by atoms with Gasteiger partial charge in [0.1, 0.15) is 0 Å². The third kappa shape index (κ3) is 2.15. The van der Waals surface area contributed by atoms with Gasteiger partial charge in [0.15, 0.2) is 23.3 Å². The van der Waals surface area contributed by atoms with Crippen molar-refractivity contribution in [1.29, 1.82) is 0 Å². The summed E-state index contributed by atoms with van der Waals surface area (Å²) in [6.45, 7) is 0. The first-order valence-corrected chi connectivity index (χ1v) is 6.06. The minimum Gasteiger partial charge on any atom is -0.203 e. The van der Waals surface area contributed by atoms with Crippen molar-refractivity contribution in [3.63, 3.8) is 0 Å². The van der Waals surface area contributed by atoms with Gasteiger partial charge in [0, 0.05) is 21.7 Å². The number of rotatable bonds is 1. The molecule has 0 saturated heterocycles. The van der Waals surface area contributed by atoms with E-state index in [1.807, 2.05) is 18.5 Å². The molecule has 0 aliphatic rings. The molecule has 2 aromatic carbocycles. The van der Waals surface area contributed by atoms with Crippen LogP contribution in [0.1, 0.15) is 0 Å². The molecule has 0 aliphatic heterocycles. The van der Waals surface area contributed by atoms with Crippen molar-refractivity contribution < 1.29 is 17.6 Å². The Morgan fingerprint density at radius 1 is 0.556 bits per heavy atom. The second-order valence-corrected chi connectivity index (χ2v) is 4.90. The molecule has 0 fully saturated rings. The second kappa shape index (κ2) is 4.95. The van der Waals surface area contributed by atoms with Gasteiger partial charge in [-0.3, -0.25) is 0 Å². The van der Waals surface area contributed by atoms with Gasteiger partial charge in [0.2, 0.25) is 0 Å². The van der Waals surface area contributed by atoms with Crippen LogP contribution < -0.4 is 10.6 Å². The second-order valence-electron chi connectivity index (χ2n) is 3.66. The average Bonchev–Trinajstić information content (AvgIpc) is 2.35. The molecule has 94 valence electrons. The lowest BCUT2D eigenvalue weighted by atomic mass is 10.0. The summed E-state index contributed by atoms with van der Waals surface area (Å²) in [5.74, 6) is -4.57. The van der Waals surface area contributed by atoms with Gasteiger partial charge >= 0.3 is 0 Å². The maximum absolute atomic E-state index is 13.7. The molecule has 0 spiro atoms. The van der Waals surface area contributed by atoms with Gasteiger partial charge in [0.25, 0.3) is 0 Å². The molecule has 18 heavy (non-hydrogen) atoms. The summed E-state index contributed by atoms with van der Waals surface area (Å²) in [7, 11) is 4.05. The SMILES string of the molecule is Fc1c(P)ccc(-c2ccc(P)c(F)c2F)c1F. The van der Waals surface area contributed by atoms with Crippen molar-refractivity contribution in [3.05, 3.63) is 47.5 Å². The van der Waals surface area contributed by atoms with Gasteiger partial charge in [-0.05, 0) is 0 Å². The number of hydrogen-bond acceptors (Lipinski definition) is 0. The predicted molar refractivity (Wildman–Crippen MR) is 70.4 cm³/mol. The third-order valence-corrected chi connectivity index (χ3v) is 3.41. The highest BCUT2D eigenvalue weighted by Gasteiger charge is 2.18. The lowest BCUT2D eigenvalue weighted by Crippen LogP contribution is -2.07. The van der Waals surface area contributed by atoms with E-state index in [1.54, 1.807) is 0 Å². The maximum Gasteiger partial charge on any atom is 0.167 e. The van der Waals surface area contributed by atoms with E-state index in [9.17, 15) is 17.6 Å². The third-order valence-electron chi connectivity index (χ3n) is 2.51. The summed E-state index contributed by atoms with van der Waals surface area (Å²) in [5.41, 5.74) is -0.611. The zero-order valence-corrected chi connectivity index (χ0v) is 11.3. The first kappa shape index (κ1) is 13.5. The van der Waals surface area contributed by atoms with Crippen molar-refractivity contribution in [2.75, 3.05) is 0 Å². The van der Waals surface area contributed by atoms with E-state index in [0.29, 0.717) is 0 Å². The Morgan fingerprint density at radius 2 is 0.889 bits per heavy atom. The summed E-state index contributed by atoms with van der Waals surface area (Å²) in [6.07, 6.45) is 0. The van der Waals surface area contributed by atoms with E-state index in [2.05, 4.69) is 0 Å². The van der Waals surface area contributed by atoms with Crippen LogP contribution in [0.4, 0.5) is 17.6 Å². The van der Waals surface area contributed by atoms with E-state index in [4.69, 9.17) is 0 Å². The topological polar surface area (TPSA) is 0 Å². The fraction of sp³-hybridized carbons (Fsp3) is 0. The Balaban J connectivity index is 2.71. The molecule has 0 nitrogen and oxygen atoms in total. The number of benzene rings is 2. The molecule has 2 unspecified atom stereocenters. The lowest BCUT2D eigenvalue weighted by molar-refractivity contribution is 0.507. The molecule has 0 N–H and O–H groups in total. The van der Waals surface area contributed by atoms with E-state index in [0.717, 1.165) is 0 Å². The molecule has 0 aliphatic carbocycles. The normalized spacial score (nSPS) is 10.8. The molecule has 6 heteroatoms. The van der Waals surface area contributed by atoms with Crippen LogP contribution >= 0.6 is 18.5 Å². The quantitative estimate of drug-likeness (QED) is 0.559. The highest BCUT2D eigenvalue weighted by Crippen LogP contribution is 2.27. The molecule has 0 heterocycles. The molecule has 0 aromatic heterocycles. The summed E-state index contributed by atoms with van der Waals surface area (Å²) < 4.78 is 54.1. The van der Waals surface area contributed by atoms with Gasteiger partial charge in [0.05, 0.1) is 0 Å². The van der Waals surface area contributed by atoms with Crippen molar-refractivity contribution >= 4 is 29.1 Å². The van der Waals surface area contributed by atoms with E-state index >= 15 is 0 Å². The van der Waals surface area contributed by atoms with Gasteiger partial charge in [-0.15, -0.1) is 18.5 Å². The molecular weight excluding hydrogens is 282 g/mol. The lowest BCUT2D eigenvalue weighted by Gasteiger charge is -2.09. The Kier molecular flexibility index (Phi) is 3.70. The molecule has 0 amide bonds. The van der Waals surface area contributed by atoms with Gasteiger partial charge in [-0.2, -0.15) is 0 Å². The van der Waals surface area contributed by atoms with E-state index in [-0.39, 0.29) is 21.7 Å². The number of hydrogen-bond donors (Lipinski definition) is 0. The van der Waals surface area contributed by atoms with E-state index in [1.165, 1.54) is 24.3 Å². The zero-order valence-electron chi connectivity index (χ0n) is 8.98. The molecular formula is C12H8F4P2. The predicted octanol–water partition coefficient (Wildman–Crippen LogP) is 2.91. The first-order chi connectivity index (χ1) is 8.43. The van der Waals surface area contributed by atoms with Crippen LogP contribution in [-0.2, 0) is 0 Å². The molecule has 2 aromatic rings. The van der Waals surface area contributed by atoms with Gasteiger partial charge < -0.3 is 0 Å². The summed E-state index contributed by atoms with van der Waals surface area (Å²) in [5, 5.41) is 0.0552. The molecule has 0 bridgehead atoms. The van der Waals surface area contributed by atoms with Crippen molar-refractivity contribution in [3.8, 4) is 11.1 Å². The Labute approximate surface area is 106 Å². The van der Waals surface area contributed by atoms with Crippen LogP contribution in [0.15, 0.2) is 24.3 Å². The largest absolute Gasteiger partial charge is 0.203 e. The van der Waals surface area contributed by atoms with Crippen LogP contribution in [0.25, 0.3) is 11.1 Å². The smallest absolute Gasteiger partial charge is 0.167 e. The summed E-state index contributed by atoms with van der Waals surface area (Å²) in [6, 6.07) is 4.98. The van der Waals surface area contributed by atoms with Crippen LogP contribution in [0.3, 0.4) is 0 Å². The van der Waals surface area contributed by atoms with Crippen LogP contribution in [0.5, 0.6) is 0 Å². The Bertz CT molecular complexity index is 570. The molecule has 0 radical (unpaired) electrons. The molecule has 0 saturated carbocycles. The van der Waals surface area contributed by atoms with Crippen molar-refractivity contribution in [2.45, 2.75) is 0 Å². The van der Waals surface area contributed by atoms with Crippen LogP contribution in [-0.4, -0.2) is 0 Å². The first-order valence-electron chi connectivity index (χ1n) is 4.90. The fourth-order valence-electron chi connectivity index (χ4n) is 1.54. The van der Waals surface area contributed by atoms with Gasteiger partial charge in [-0.25, -0.2) is 17.6 Å². The Hall–Kier alpha value is -0.980. The molecule has 2 atom stereocenters. The minimum atomic E-state index is -1.20. The summed E-state index contributed by atoms with van der Waals surface area (Å²) >= 11 is 0. The van der Waals surface area contributed by atoms with Crippen LogP contribution in [0, 0.1) is 23.3 Å². The van der Waals surface area contributed by atoms with Crippen molar-refractivity contribution in [1.82, 2.24) is 0 Å². The zero-order chi connectivity index (χ0) is 13.4. The molecule has 2 rings (SSSR count). The minimum absolute atomic E-state index is 0.0276. The maximum atomic E-state index is 13.7. The fourth-order valence-corrected chi connectivity index (χ4v) is 1.99. The Morgan fingerprint density at radius 3 is 1.22 bits per heavy atom. The standard InChI is InChI=1S/C12H8F4P2/c13-9-5(1-3-7(17)11(9)15)6-2-4-8(18)12(16)10(6)14/h1-4H,17-18H2.